The number of nitrogens with zero attached hydrogens (tertiary/aromatic N) is 1. The number of nitrogens with two attached hydrogens (primary N) is 1. The van der Waals surface area contributed by atoms with Crippen LogP contribution in [-0.4, -0.2) is 49.5 Å². The van der Waals surface area contributed by atoms with E-state index in [9.17, 15) is 14.4 Å². The molecule has 4 atom stereocenters. The van der Waals surface area contributed by atoms with Gasteiger partial charge in [-0.3, -0.25) is 14.5 Å². The van der Waals surface area contributed by atoms with E-state index in [0.29, 0.717) is 5.75 Å². The Morgan fingerprint density at radius 3 is 2.33 bits per heavy atom. The van der Waals surface area contributed by atoms with Gasteiger partial charge in [0, 0.05) is 19.5 Å². The van der Waals surface area contributed by atoms with Crippen molar-refractivity contribution < 1.29 is 29.2 Å². The van der Waals surface area contributed by atoms with Gasteiger partial charge >= 0.3 is 5.97 Å². The molecule has 1 aromatic carbocycles. The van der Waals surface area contributed by atoms with Crippen molar-refractivity contribution in [2.75, 3.05) is 21.3 Å². The first-order valence-electron chi connectivity index (χ1n) is 7.75. The van der Waals surface area contributed by atoms with Crippen molar-refractivity contribution in [1.29, 1.82) is 0 Å². The Morgan fingerprint density at radius 1 is 1.17 bits per heavy atom. The average Bonchev–Trinajstić information content (AvgIpc) is 3.04. The minimum Gasteiger partial charge on any atom is -0.497 e. The molecule has 2 heterocycles. The number of benzene rings is 1. The van der Waals surface area contributed by atoms with Gasteiger partial charge < -0.3 is 14.8 Å². The van der Waals surface area contributed by atoms with Gasteiger partial charge in [0.1, 0.15) is 23.6 Å². The van der Waals surface area contributed by atoms with Crippen LogP contribution in [0.1, 0.15) is 18.5 Å². The molecule has 0 radical (unpaired) electrons. The Hall–Kier alpha value is -2.41. The third-order valence-corrected chi connectivity index (χ3v) is 5.26. The van der Waals surface area contributed by atoms with Crippen molar-refractivity contribution in [1.82, 2.24) is 4.90 Å². The Bertz CT molecular complexity index is 701. The number of carbonyl (C=O) groups excluding carboxylic acids is 3. The lowest BCUT2D eigenvalue weighted by Gasteiger charge is -2.24. The Labute approximate surface area is 139 Å². The number of esters is 1. The molecular formula is C17H21N2O5+. The lowest BCUT2D eigenvalue weighted by molar-refractivity contribution is -0.731. The summed E-state index contributed by atoms with van der Waals surface area (Å²) in [5.41, 5.74) is -0.253. The number of methoxy groups -OCH3 is 2. The van der Waals surface area contributed by atoms with Gasteiger partial charge in [0.25, 0.3) is 0 Å². The molecule has 0 bridgehead atoms. The smallest absolute Gasteiger partial charge is 0.368 e. The molecule has 0 saturated carbocycles. The standard InChI is InChI=1S/C17H20N2O5/c1-17(16(22)24-4)12-11(14(20)19(2)15(12)21)13(18-17)9-5-7-10(23-3)8-6-9/h5-8,11-13,18H,1-4H3/p+1/t11-,12-,13-,17-/m0/s1. The van der Waals surface area contributed by atoms with E-state index < -0.39 is 23.3 Å². The molecule has 7 nitrogen and oxygen atoms in total. The average molecular weight is 333 g/mol. The van der Waals surface area contributed by atoms with Crippen molar-refractivity contribution in [3.05, 3.63) is 29.8 Å². The number of rotatable bonds is 3. The summed E-state index contributed by atoms with van der Waals surface area (Å²) in [5, 5.41) is 1.79. The van der Waals surface area contributed by atoms with Gasteiger partial charge in [0.2, 0.25) is 17.4 Å². The van der Waals surface area contributed by atoms with Gasteiger partial charge in [-0.05, 0) is 24.3 Å². The van der Waals surface area contributed by atoms with E-state index in [1.807, 2.05) is 12.1 Å². The lowest BCUT2D eigenvalue weighted by atomic mass is 9.80. The molecule has 2 aliphatic rings. The largest absolute Gasteiger partial charge is 0.497 e. The van der Waals surface area contributed by atoms with Crippen molar-refractivity contribution in [3.63, 3.8) is 0 Å². The van der Waals surface area contributed by atoms with E-state index in [0.717, 1.165) is 10.5 Å². The molecular weight excluding hydrogens is 312 g/mol. The van der Waals surface area contributed by atoms with Crippen LogP contribution in [0.15, 0.2) is 24.3 Å². The fourth-order valence-electron chi connectivity index (χ4n) is 3.95. The molecule has 128 valence electrons. The molecule has 24 heavy (non-hydrogen) atoms. The predicted molar refractivity (Wildman–Crippen MR) is 82.8 cm³/mol. The van der Waals surface area contributed by atoms with Crippen molar-refractivity contribution in [3.8, 4) is 5.75 Å². The molecule has 0 aliphatic carbocycles. The maximum atomic E-state index is 12.6. The van der Waals surface area contributed by atoms with E-state index >= 15 is 0 Å². The number of hydrogen-bond donors (Lipinski definition) is 1. The van der Waals surface area contributed by atoms with E-state index in [2.05, 4.69) is 0 Å². The number of fused-ring (bicyclic) bond motifs is 1. The maximum Gasteiger partial charge on any atom is 0.368 e. The maximum absolute atomic E-state index is 12.6. The molecule has 2 saturated heterocycles. The molecule has 3 rings (SSSR count). The van der Waals surface area contributed by atoms with Gasteiger partial charge in [-0.2, -0.15) is 0 Å². The highest BCUT2D eigenvalue weighted by Gasteiger charge is 2.70. The number of hydrogen-bond acceptors (Lipinski definition) is 5. The Morgan fingerprint density at radius 2 is 1.79 bits per heavy atom. The third-order valence-electron chi connectivity index (χ3n) is 5.26. The van der Waals surface area contributed by atoms with Gasteiger partial charge in [-0.1, -0.05) is 0 Å². The monoisotopic (exact) mass is 333 g/mol. The molecule has 2 aliphatic heterocycles. The molecule has 0 unspecified atom stereocenters. The second kappa shape index (κ2) is 5.59. The molecule has 0 spiro atoms. The number of amides is 2. The van der Waals surface area contributed by atoms with Gasteiger partial charge in [-0.15, -0.1) is 0 Å². The first-order chi connectivity index (χ1) is 11.3. The highest BCUT2D eigenvalue weighted by atomic mass is 16.5. The zero-order valence-electron chi connectivity index (χ0n) is 14.1. The van der Waals surface area contributed by atoms with E-state index in [1.54, 1.807) is 31.5 Å². The first-order valence-corrected chi connectivity index (χ1v) is 7.75. The van der Waals surface area contributed by atoms with E-state index in [-0.39, 0.29) is 17.9 Å². The number of carbonyl (C=O) groups is 3. The first kappa shape index (κ1) is 16.4. The number of ether oxygens (including phenoxy) is 2. The molecule has 0 aromatic heterocycles. The van der Waals surface area contributed by atoms with Crippen LogP contribution in [0.4, 0.5) is 0 Å². The zero-order chi connectivity index (χ0) is 17.6. The number of likely N-dealkylation sites (tertiary alicyclic amines) is 1. The molecule has 1 aromatic rings. The summed E-state index contributed by atoms with van der Waals surface area (Å²) in [6, 6.07) is 6.99. The minimum absolute atomic E-state index is 0.255. The van der Waals surface area contributed by atoms with Crippen LogP contribution >= 0.6 is 0 Å². The number of quaternary nitrogens is 1. The summed E-state index contributed by atoms with van der Waals surface area (Å²) in [4.78, 5) is 38.7. The normalized spacial score (nSPS) is 32.0. The third kappa shape index (κ3) is 2.11. The molecule has 2 amide bonds. The van der Waals surface area contributed by atoms with Crippen LogP contribution in [-0.2, 0) is 19.1 Å². The topological polar surface area (TPSA) is 89.5 Å². The van der Waals surface area contributed by atoms with Gasteiger partial charge in [-0.25, -0.2) is 4.79 Å². The predicted octanol–water partition coefficient (Wildman–Crippen LogP) is -0.524. The quantitative estimate of drug-likeness (QED) is 0.594. The SMILES string of the molecule is COC(=O)[C@@]1(C)[NH2+][C@@H](c2ccc(OC)cc2)[C@H]2C(=O)N(C)C(=O)[C@H]21. The lowest BCUT2D eigenvalue weighted by Crippen LogP contribution is -2.97. The summed E-state index contributed by atoms with van der Waals surface area (Å²) in [7, 11) is 4.34. The Balaban J connectivity index is 2.06. The van der Waals surface area contributed by atoms with E-state index in [4.69, 9.17) is 9.47 Å². The summed E-state index contributed by atoms with van der Waals surface area (Å²) < 4.78 is 10.1. The fraction of sp³-hybridized carbons (Fsp3) is 0.471. The molecule has 2 fully saturated rings. The summed E-state index contributed by atoms with van der Waals surface area (Å²) in [6.45, 7) is 1.67. The van der Waals surface area contributed by atoms with Crippen LogP contribution in [0.2, 0.25) is 0 Å². The zero-order valence-corrected chi connectivity index (χ0v) is 14.1. The van der Waals surface area contributed by atoms with Crippen molar-refractivity contribution in [2.24, 2.45) is 11.8 Å². The van der Waals surface area contributed by atoms with Crippen LogP contribution < -0.4 is 10.1 Å². The highest BCUT2D eigenvalue weighted by Crippen LogP contribution is 2.43. The fourth-order valence-corrected chi connectivity index (χ4v) is 3.95. The van der Waals surface area contributed by atoms with Crippen molar-refractivity contribution in [2.45, 2.75) is 18.5 Å². The highest BCUT2D eigenvalue weighted by molar-refractivity contribution is 6.08. The van der Waals surface area contributed by atoms with Crippen LogP contribution in [0.25, 0.3) is 0 Å². The van der Waals surface area contributed by atoms with Gasteiger partial charge in [0.15, 0.2) is 0 Å². The number of imide groups is 1. The van der Waals surface area contributed by atoms with Crippen LogP contribution in [0, 0.1) is 11.8 Å². The minimum atomic E-state index is -1.12. The Kier molecular flexibility index (Phi) is 3.83. The van der Waals surface area contributed by atoms with Crippen LogP contribution in [0.5, 0.6) is 5.75 Å². The van der Waals surface area contributed by atoms with E-state index in [1.165, 1.54) is 14.2 Å². The molecule has 2 N–H and O–H groups in total. The second-order valence-corrected chi connectivity index (χ2v) is 6.48. The summed E-state index contributed by atoms with van der Waals surface area (Å²) in [5.74, 6) is -1.69. The van der Waals surface area contributed by atoms with Crippen LogP contribution in [0.3, 0.4) is 0 Å². The summed E-state index contributed by atoms with van der Waals surface area (Å²) >= 11 is 0. The molecule has 7 heteroatoms. The second-order valence-electron chi connectivity index (χ2n) is 6.48. The summed E-state index contributed by atoms with van der Waals surface area (Å²) in [6.07, 6.45) is 0. The van der Waals surface area contributed by atoms with Crippen molar-refractivity contribution >= 4 is 17.8 Å². The van der Waals surface area contributed by atoms with Gasteiger partial charge in [0.05, 0.1) is 14.2 Å².